The molecule has 14 heavy (non-hydrogen) atoms. The third-order valence-electron chi connectivity index (χ3n) is 1.87. The molecule has 0 amide bonds. The average Bonchev–Trinajstić information content (AvgIpc) is 2.18. The highest BCUT2D eigenvalue weighted by molar-refractivity contribution is 9.10. The van der Waals surface area contributed by atoms with Crippen LogP contribution in [0.2, 0.25) is 0 Å². The lowest BCUT2D eigenvalue weighted by Gasteiger charge is -2.01. The zero-order valence-corrected chi connectivity index (χ0v) is 8.82. The molecule has 0 radical (unpaired) electrons. The molecule has 3 nitrogen and oxygen atoms in total. The van der Waals surface area contributed by atoms with Crippen LogP contribution in [0, 0.1) is 11.3 Å². The van der Waals surface area contributed by atoms with Gasteiger partial charge in [0.15, 0.2) is 0 Å². The number of aromatic nitrogens is 2. The van der Waals surface area contributed by atoms with Gasteiger partial charge < -0.3 is 0 Å². The van der Waals surface area contributed by atoms with E-state index in [1.165, 1.54) is 0 Å². The first kappa shape index (κ1) is 9.10. The van der Waals surface area contributed by atoms with Crippen LogP contribution in [-0.4, -0.2) is 9.97 Å². The lowest BCUT2D eigenvalue weighted by molar-refractivity contribution is 1.23. The van der Waals surface area contributed by atoms with Gasteiger partial charge in [0.2, 0.25) is 0 Å². The molecule has 1 heterocycles. The SMILES string of the molecule is N#CCc1cc(Br)c2nccnc2c1. The summed E-state index contributed by atoms with van der Waals surface area (Å²) in [6, 6.07) is 5.90. The molecular formula is C10H6BrN3. The molecule has 1 aromatic heterocycles. The molecule has 0 unspecified atom stereocenters. The minimum absolute atomic E-state index is 0.394. The number of halogens is 1. The van der Waals surface area contributed by atoms with Crippen molar-refractivity contribution in [2.45, 2.75) is 6.42 Å². The smallest absolute Gasteiger partial charge is 0.103 e. The Kier molecular flexibility index (Phi) is 2.42. The molecule has 0 aliphatic heterocycles. The van der Waals surface area contributed by atoms with E-state index in [9.17, 15) is 0 Å². The Morgan fingerprint density at radius 1 is 1.29 bits per heavy atom. The highest BCUT2D eigenvalue weighted by atomic mass is 79.9. The topological polar surface area (TPSA) is 49.6 Å². The van der Waals surface area contributed by atoms with Crippen LogP contribution in [-0.2, 0) is 6.42 Å². The molecule has 0 aliphatic carbocycles. The Hall–Kier alpha value is -1.47. The van der Waals surface area contributed by atoms with Crippen molar-refractivity contribution in [2.75, 3.05) is 0 Å². The first-order valence-corrected chi connectivity index (χ1v) is 4.86. The Morgan fingerprint density at radius 3 is 2.86 bits per heavy atom. The third kappa shape index (κ3) is 1.59. The van der Waals surface area contributed by atoms with Crippen molar-refractivity contribution < 1.29 is 0 Å². The van der Waals surface area contributed by atoms with Crippen LogP contribution < -0.4 is 0 Å². The Bertz CT molecular complexity index is 516. The number of hydrogen-bond donors (Lipinski definition) is 0. The summed E-state index contributed by atoms with van der Waals surface area (Å²) in [6.07, 6.45) is 3.69. The summed E-state index contributed by atoms with van der Waals surface area (Å²) in [6.45, 7) is 0. The molecule has 0 N–H and O–H groups in total. The summed E-state index contributed by atoms with van der Waals surface area (Å²) in [5.41, 5.74) is 2.59. The summed E-state index contributed by atoms with van der Waals surface area (Å²) in [4.78, 5) is 8.37. The first-order chi connectivity index (χ1) is 6.81. The Morgan fingerprint density at radius 2 is 2.07 bits per heavy atom. The third-order valence-corrected chi connectivity index (χ3v) is 2.47. The second kappa shape index (κ2) is 3.72. The molecule has 2 aromatic rings. The summed E-state index contributed by atoms with van der Waals surface area (Å²) in [7, 11) is 0. The second-order valence-electron chi connectivity index (χ2n) is 2.84. The van der Waals surface area contributed by atoms with Crippen molar-refractivity contribution in [3.8, 4) is 6.07 Å². The molecule has 0 spiro atoms. The van der Waals surface area contributed by atoms with E-state index >= 15 is 0 Å². The number of nitriles is 1. The molecule has 0 saturated carbocycles. The molecular weight excluding hydrogens is 242 g/mol. The van der Waals surface area contributed by atoms with Crippen LogP contribution in [0.25, 0.3) is 11.0 Å². The predicted molar refractivity (Wildman–Crippen MR) is 56.6 cm³/mol. The van der Waals surface area contributed by atoms with Gasteiger partial charge in [-0.15, -0.1) is 0 Å². The van der Waals surface area contributed by atoms with Crippen molar-refractivity contribution in [3.05, 3.63) is 34.6 Å². The molecule has 68 valence electrons. The fourth-order valence-corrected chi connectivity index (χ4v) is 1.88. The van der Waals surface area contributed by atoms with Crippen LogP contribution in [0.5, 0.6) is 0 Å². The van der Waals surface area contributed by atoms with Gasteiger partial charge in [-0.3, -0.25) is 9.97 Å². The molecule has 4 heteroatoms. The van der Waals surface area contributed by atoms with E-state index in [4.69, 9.17) is 5.26 Å². The fourth-order valence-electron chi connectivity index (χ4n) is 1.28. The van der Waals surface area contributed by atoms with E-state index < -0.39 is 0 Å². The summed E-state index contributed by atoms with van der Waals surface area (Å²) in [5.74, 6) is 0. The van der Waals surface area contributed by atoms with Crippen LogP contribution >= 0.6 is 15.9 Å². The average molecular weight is 248 g/mol. The summed E-state index contributed by atoms with van der Waals surface area (Å²) < 4.78 is 0.883. The van der Waals surface area contributed by atoms with E-state index in [2.05, 4.69) is 32.0 Å². The molecule has 1 aromatic carbocycles. The van der Waals surface area contributed by atoms with Crippen molar-refractivity contribution in [2.24, 2.45) is 0 Å². The van der Waals surface area contributed by atoms with E-state index in [0.717, 1.165) is 21.1 Å². The van der Waals surface area contributed by atoms with Crippen molar-refractivity contribution in [1.82, 2.24) is 9.97 Å². The van der Waals surface area contributed by atoms with Crippen LogP contribution in [0.4, 0.5) is 0 Å². The van der Waals surface area contributed by atoms with Crippen molar-refractivity contribution in [3.63, 3.8) is 0 Å². The first-order valence-electron chi connectivity index (χ1n) is 4.07. The van der Waals surface area contributed by atoms with Gasteiger partial charge in [0.05, 0.1) is 18.0 Å². The second-order valence-corrected chi connectivity index (χ2v) is 3.69. The van der Waals surface area contributed by atoms with Gasteiger partial charge in [-0.25, -0.2) is 0 Å². The number of rotatable bonds is 1. The number of hydrogen-bond acceptors (Lipinski definition) is 3. The van der Waals surface area contributed by atoms with Crippen LogP contribution in [0.15, 0.2) is 29.0 Å². The van der Waals surface area contributed by atoms with E-state index in [0.29, 0.717) is 6.42 Å². The number of benzene rings is 1. The molecule has 0 fully saturated rings. The summed E-state index contributed by atoms with van der Waals surface area (Å²) in [5, 5.41) is 8.58. The summed E-state index contributed by atoms with van der Waals surface area (Å²) >= 11 is 3.41. The minimum atomic E-state index is 0.394. The standard InChI is InChI=1S/C10H6BrN3/c11-8-5-7(1-2-12)6-9-10(8)14-4-3-13-9/h3-6H,1H2. The quantitative estimate of drug-likeness (QED) is 0.778. The minimum Gasteiger partial charge on any atom is -0.253 e. The van der Waals surface area contributed by atoms with Gasteiger partial charge in [-0.05, 0) is 33.6 Å². The molecule has 0 atom stereocenters. The normalized spacial score (nSPS) is 10.0. The lowest BCUT2D eigenvalue weighted by Crippen LogP contribution is -1.88. The van der Waals surface area contributed by atoms with Crippen molar-refractivity contribution >= 4 is 27.0 Å². The zero-order chi connectivity index (χ0) is 9.97. The van der Waals surface area contributed by atoms with Gasteiger partial charge in [0.1, 0.15) is 5.52 Å². The van der Waals surface area contributed by atoms with Gasteiger partial charge in [-0.2, -0.15) is 5.26 Å². The monoisotopic (exact) mass is 247 g/mol. The maximum Gasteiger partial charge on any atom is 0.103 e. The number of nitrogens with zero attached hydrogens (tertiary/aromatic N) is 3. The van der Waals surface area contributed by atoms with Gasteiger partial charge in [0.25, 0.3) is 0 Å². The largest absolute Gasteiger partial charge is 0.253 e. The maximum atomic E-state index is 8.58. The van der Waals surface area contributed by atoms with E-state index in [1.54, 1.807) is 12.4 Å². The molecule has 2 rings (SSSR count). The Balaban J connectivity index is 2.67. The van der Waals surface area contributed by atoms with Crippen LogP contribution in [0.3, 0.4) is 0 Å². The van der Waals surface area contributed by atoms with Crippen LogP contribution in [0.1, 0.15) is 5.56 Å². The Labute approximate surface area is 89.5 Å². The maximum absolute atomic E-state index is 8.58. The zero-order valence-electron chi connectivity index (χ0n) is 7.24. The van der Waals surface area contributed by atoms with Gasteiger partial charge in [-0.1, -0.05) is 0 Å². The van der Waals surface area contributed by atoms with E-state index in [1.807, 2.05) is 12.1 Å². The van der Waals surface area contributed by atoms with Gasteiger partial charge >= 0.3 is 0 Å². The highest BCUT2D eigenvalue weighted by Gasteiger charge is 2.03. The lowest BCUT2D eigenvalue weighted by atomic mass is 10.1. The highest BCUT2D eigenvalue weighted by Crippen LogP contribution is 2.22. The molecule has 0 saturated heterocycles. The predicted octanol–water partition coefficient (Wildman–Crippen LogP) is 2.46. The van der Waals surface area contributed by atoms with Gasteiger partial charge in [0, 0.05) is 16.9 Å². The fraction of sp³-hybridized carbons (Fsp3) is 0.100. The molecule has 0 bridgehead atoms. The van der Waals surface area contributed by atoms with E-state index in [-0.39, 0.29) is 0 Å². The molecule has 0 aliphatic rings. The number of fused-ring (bicyclic) bond motifs is 1. The van der Waals surface area contributed by atoms with Crippen molar-refractivity contribution in [1.29, 1.82) is 5.26 Å².